The van der Waals surface area contributed by atoms with Crippen LogP contribution >= 0.6 is 16.3 Å². The Balaban J connectivity index is 0.649. The first-order valence-electron chi connectivity index (χ1n) is 44.2. The maximum absolute atomic E-state index is 16.1. The van der Waals surface area contributed by atoms with E-state index >= 15 is 4.57 Å². The van der Waals surface area contributed by atoms with Crippen molar-refractivity contribution in [1.82, 2.24) is 49.3 Å². The third-order valence-electron chi connectivity index (χ3n) is 23.6. The van der Waals surface area contributed by atoms with Gasteiger partial charge in [0.15, 0.2) is 11.2 Å². The maximum Gasteiger partial charge on any atom is 0.475 e. The largest absolute Gasteiger partial charge is 0.497 e. The van der Waals surface area contributed by atoms with Gasteiger partial charge in [0.25, 0.3) is 20.0 Å². The van der Waals surface area contributed by atoms with Gasteiger partial charge in [-0.25, -0.2) is 35.2 Å². The Morgan fingerprint density at radius 3 is 1.79 bits per heavy atom. The van der Waals surface area contributed by atoms with Gasteiger partial charge in [-0.2, -0.15) is 15.2 Å². The number of alkyl carbamates (subject to hydrolysis) is 1. The van der Waals surface area contributed by atoms with Gasteiger partial charge in [-0.3, -0.25) is 52.2 Å². The second-order valence-electron chi connectivity index (χ2n) is 32.9. The molecule has 8 aromatic carbocycles. The summed E-state index contributed by atoms with van der Waals surface area (Å²) < 4.78 is 97.5. The van der Waals surface area contributed by atoms with Crippen LogP contribution in [0.4, 0.5) is 21.4 Å². The molecule has 696 valence electrons. The van der Waals surface area contributed by atoms with E-state index in [4.69, 9.17) is 62.3 Å². The Morgan fingerprint density at radius 2 is 1.21 bits per heavy atom. The van der Waals surface area contributed by atoms with Crippen LogP contribution in [0.25, 0.3) is 38.3 Å². The van der Waals surface area contributed by atoms with Crippen molar-refractivity contribution in [2.75, 3.05) is 91.2 Å². The minimum atomic E-state index is -5.03. The Labute approximate surface area is 775 Å². The average molecular weight is 1860 g/mol. The van der Waals surface area contributed by atoms with Gasteiger partial charge >= 0.3 is 25.7 Å². The monoisotopic (exact) mass is 1860 g/mol. The molecule has 11 aromatic rings. The van der Waals surface area contributed by atoms with E-state index in [0.717, 1.165) is 44.5 Å². The van der Waals surface area contributed by atoms with Gasteiger partial charge in [-0.05, 0) is 143 Å². The first kappa shape index (κ1) is 95.4. The van der Waals surface area contributed by atoms with E-state index in [-0.39, 0.29) is 144 Å². The highest BCUT2D eigenvalue weighted by molar-refractivity contribution is 7.48. The maximum atomic E-state index is 16.1. The molecule has 0 bridgehead atoms. The number of aromatic amines is 1. The highest BCUT2D eigenvalue weighted by Gasteiger charge is 2.49. The molecular formula is C98H104N14O20P2. The highest BCUT2D eigenvalue weighted by Crippen LogP contribution is 2.56. The number of benzene rings is 8. The molecule has 0 radical (unpaired) electrons. The summed E-state index contributed by atoms with van der Waals surface area (Å²) in [6.45, 7) is 14.3. The highest BCUT2D eigenvalue weighted by atomic mass is 31.2. The number of phosphoric ester groups is 1. The topological polar surface area (TPSA) is 394 Å². The van der Waals surface area contributed by atoms with Crippen molar-refractivity contribution in [3.05, 3.63) is 301 Å². The summed E-state index contributed by atoms with van der Waals surface area (Å²) in [6, 6.07) is 66.1. The Morgan fingerprint density at radius 1 is 0.649 bits per heavy atom. The van der Waals surface area contributed by atoms with Gasteiger partial charge in [0.05, 0.1) is 59.0 Å². The fourth-order valence-corrected chi connectivity index (χ4v) is 20.3. The molecule has 0 spiro atoms. The number of nitrogens with zero attached hydrogens (tertiary/aromatic N) is 9. The predicted octanol–water partition coefficient (Wildman–Crippen LogP) is 15.5. The van der Waals surface area contributed by atoms with Crippen molar-refractivity contribution < 1.29 is 84.3 Å². The molecule has 5 heterocycles. The molecule has 0 saturated carbocycles. The number of amides is 5. The normalized spacial score (nSPS) is 17.3. The van der Waals surface area contributed by atoms with Crippen LogP contribution in [0.15, 0.2) is 228 Å². The summed E-state index contributed by atoms with van der Waals surface area (Å²) in [5.41, 5.74) is 8.44. The van der Waals surface area contributed by atoms with Crippen LogP contribution < -0.4 is 42.0 Å². The van der Waals surface area contributed by atoms with Crippen LogP contribution in [0.5, 0.6) is 11.5 Å². The summed E-state index contributed by atoms with van der Waals surface area (Å²) in [6.07, 6.45) is -5.95. The Bertz CT molecular complexity index is 6110. The van der Waals surface area contributed by atoms with E-state index in [9.17, 15) is 38.8 Å². The zero-order valence-corrected chi connectivity index (χ0v) is 76.7. The van der Waals surface area contributed by atoms with Crippen molar-refractivity contribution in [3.8, 4) is 39.8 Å². The lowest BCUT2D eigenvalue weighted by Gasteiger charge is -2.37. The summed E-state index contributed by atoms with van der Waals surface area (Å²) in [5, 5.41) is 20.6. The molecule has 2 aliphatic carbocycles. The number of ether oxygens (including phenoxy) is 7. The number of aromatic nitrogens is 6. The Hall–Kier alpha value is -13.2. The van der Waals surface area contributed by atoms with Crippen LogP contribution in [-0.2, 0) is 72.6 Å². The average Bonchev–Trinajstić information content (AvgIpc) is 0.757. The van der Waals surface area contributed by atoms with Crippen LogP contribution in [0.1, 0.15) is 145 Å². The molecule has 2 fully saturated rings. The molecular weight excluding hydrogens is 1760 g/mol. The molecule has 3 aromatic heterocycles. The summed E-state index contributed by atoms with van der Waals surface area (Å²) in [7, 11) is -2.35. The lowest BCUT2D eigenvalue weighted by Crippen LogP contribution is -2.38. The minimum Gasteiger partial charge on any atom is -0.497 e. The van der Waals surface area contributed by atoms with E-state index in [1.165, 1.54) is 32.6 Å². The predicted molar refractivity (Wildman–Crippen MR) is 497 cm³/mol. The van der Waals surface area contributed by atoms with Crippen LogP contribution in [0.3, 0.4) is 0 Å². The second kappa shape index (κ2) is 44.1. The number of rotatable bonds is 42. The van der Waals surface area contributed by atoms with E-state index in [0.29, 0.717) is 33.8 Å². The molecule has 4 unspecified atom stereocenters. The van der Waals surface area contributed by atoms with Crippen molar-refractivity contribution in [3.63, 3.8) is 0 Å². The van der Waals surface area contributed by atoms with Gasteiger partial charge in [0.1, 0.15) is 73.5 Å². The molecule has 134 heavy (non-hydrogen) atoms. The van der Waals surface area contributed by atoms with Gasteiger partial charge < -0.3 is 67.9 Å². The van der Waals surface area contributed by atoms with Crippen LogP contribution in [0.2, 0.25) is 0 Å². The minimum absolute atomic E-state index is 0.0131. The molecule has 15 rings (SSSR count). The number of fused-ring (bicyclic) bond motifs is 7. The van der Waals surface area contributed by atoms with E-state index in [1.807, 2.05) is 160 Å². The third-order valence-corrected chi connectivity index (χ3v) is 27.2. The molecule has 8 atom stereocenters. The fraction of sp³-hybridized carbons (Fsp3) is 0.347. The lowest BCUT2D eigenvalue weighted by atomic mass is 9.80. The number of methoxy groups -OCH3 is 2. The number of anilines is 2. The fourth-order valence-electron chi connectivity index (χ4n) is 17.1. The van der Waals surface area contributed by atoms with E-state index < -0.39 is 113 Å². The van der Waals surface area contributed by atoms with Gasteiger partial charge in [-0.15, -0.1) is 0 Å². The molecule has 36 heteroatoms. The number of hydrogen-bond acceptors (Lipinski definition) is 25. The molecule has 2 aliphatic heterocycles. The number of hydrogen-bond donors (Lipinski definition) is 5. The molecule has 2 saturated heterocycles. The summed E-state index contributed by atoms with van der Waals surface area (Å²) in [5.74, 6) is -1.06. The summed E-state index contributed by atoms with van der Waals surface area (Å²) >= 11 is 0. The molecule has 4 aliphatic rings. The van der Waals surface area contributed by atoms with E-state index in [2.05, 4.69) is 76.4 Å². The van der Waals surface area contributed by atoms with Gasteiger partial charge in [0, 0.05) is 88.0 Å². The van der Waals surface area contributed by atoms with Gasteiger partial charge in [-0.1, -0.05) is 164 Å². The van der Waals surface area contributed by atoms with Gasteiger partial charge in [0.2, 0.25) is 24.3 Å². The quantitative estimate of drug-likeness (QED) is 0.0103. The number of imidazole rings is 1. The number of carbonyl (C=O) groups is 5. The number of H-pyrrole nitrogens is 1. The number of phosphoric acid groups is 1. The first-order valence-corrected chi connectivity index (χ1v) is 46.7. The van der Waals surface area contributed by atoms with Crippen LogP contribution in [-0.4, -0.2) is 186 Å². The second-order valence-corrected chi connectivity index (χ2v) is 35.9. The number of nitriles is 1. The van der Waals surface area contributed by atoms with Crippen molar-refractivity contribution in [2.24, 2.45) is 0 Å². The zero-order valence-electron chi connectivity index (χ0n) is 75.0. The zero-order chi connectivity index (χ0) is 94.0. The van der Waals surface area contributed by atoms with Crippen molar-refractivity contribution >= 4 is 69.2 Å². The van der Waals surface area contributed by atoms with Crippen molar-refractivity contribution in [2.45, 2.75) is 139 Å². The standard InChI is InChI=1S/C98H104N14O20P2/c1-62(2)112(63(3)4)133(126-52-21-47-99)131-81-54-88(110-51-46-85(105-95(110)117)104-86(113)32-20-50-109(6)97(119)124-58-80-77-30-18-14-26-73(77)74-27-15-19-31-78(74)80)130-84(81)60-128-134(120,127-53-49-100-5)132-82-55-89(129-83(82)59-125-98(66-22-10-9-11-23-66,67-37-41-69(121-7)42-38-67)68-39-43-70(122-8)44-40-68)111-61-103-90-91(111)107-94(108-93(90)116)106-87(114)45-48-101-92(115)65-35-33-64(34-36-65)56-102-96(118)123-57-79-75-28-16-12-24-71(75)72-25-13-17-29-76(72)79/h9-19,22-31,33-44,46,51,61-63,79-84,88-89H,20-21,32,45,48-50,52-60H2,1-4,6-8H3,(H,101,115)(H,102,118)(H,104,105,113,117)(H2,106,107,108,114,116)/t81?,82?,83-,84-,88-,89-,133?,134?/m1/s1. The molecule has 5 amide bonds. The first-order chi connectivity index (χ1) is 65.0. The number of nitrogens with one attached hydrogen (secondary N) is 5. The molecule has 5 N–H and O–H groups in total. The molecule has 34 nitrogen and oxygen atoms in total. The van der Waals surface area contributed by atoms with Crippen molar-refractivity contribution in [1.29, 1.82) is 5.26 Å². The van der Waals surface area contributed by atoms with Crippen LogP contribution in [0, 0.1) is 17.9 Å². The third kappa shape index (κ3) is 22.3. The SMILES string of the molecule is [C-]#[N+]CCOP(=O)(OC[C@H]1O[C@@H](n2ccc(NC(=O)CCCN(C)C(=O)OCC3c4ccccc4-c4ccccc43)nc2=O)CC1OP(OCCC#N)N(C(C)C)C(C)C)OC1C[C@H](n2cnc3c(=O)[nH]c(NC(=O)CCNC(=O)c4ccc(CNC(=O)OCC5c6ccccc6-c6ccccc65)cc4)nc32)O[C@@H]1COC(c1ccccc1)(c1ccc(OC)cc1)c1ccc(OC)cc1. The summed E-state index contributed by atoms with van der Waals surface area (Å²) in [4.78, 5) is 116. The number of carbonyl (C=O) groups excluding carboxylic acids is 5. The Kier molecular flexibility index (Phi) is 31.4. The van der Waals surface area contributed by atoms with E-state index in [1.54, 1.807) is 69.8 Å². The lowest BCUT2D eigenvalue weighted by molar-refractivity contribution is -0.117. The smallest absolute Gasteiger partial charge is 0.475 e.